The lowest BCUT2D eigenvalue weighted by Crippen LogP contribution is -2.13. The Bertz CT molecular complexity index is 234. The van der Waals surface area contributed by atoms with E-state index in [0.29, 0.717) is 52.9 Å². The summed E-state index contributed by atoms with van der Waals surface area (Å²) < 4.78 is 37.8. The topological polar surface area (TPSA) is 192 Å². The molecule has 0 saturated carbocycles. The van der Waals surface area contributed by atoms with Crippen molar-refractivity contribution in [1.82, 2.24) is 0 Å². The van der Waals surface area contributed by atoms with Crippen molar-refractivity contribution >= 4 is 16.5 Å². The number of hydrogen-bond acceptors (Lipinski definition) is 8. The number of rotatable bonds is 13. The van der Waals surface area contributed by atoms with Gasteiger partial charge in [0.25, 0.3) is 0 Å². The van der Waals surface area contributed by atoms with Crippen LogP contribution in [0.4, 0.5) is 0 Å². The van der Waals surface area contributed by atoms with E-state index in [0.717, 1.165) is 0 Å². The van der Waals surface area contributed by atoms with Crippen LogP contribution in [0.5, 0.6) is 0 Å². The van der Waals surface area contributed by atoms with E-state index in [9.17, 15) is 0 Å². The van der Waals surface area contributed by atoms with E-state index in [1.54, 1.807) is 0 Å². The predicted molar refractivity (Wildman–Crippen MR) is 81.5 cm³/mol. The molecule has 0 saturated heterocycles. The van der Waals surface area contributed by atoms with Gasteiger partial charge in [0.1, 0.15) is 0 Å². The minimum atomic E-state index is -2.87. The molecule has 24 heavy (non-hydrogen) atoms. The Kier molecular flexibility index (Phi) is 32.9. The van der Waals surface area contributed by atoms with Gasteiger partial charge in [-0.25, -0.2) is 0 Å². The van der Waals surface area contributed by atoms with E-state index in [4.69, 9.17) is 57.9 Å². The summed E-state index contributed by atoms with van der Waals surface area (Å²) in [6.45, 7) is 3.79. The van der Waals surface area contributed by atoms with Crippen LogP contribution in [0.2, 0.25) is 0 Å². The monoisotopic (exact) mass is 400 g/mol. The van der Waals surface area contributed by atoms with E-state index >= 15 is 0 Å². The van der Waals surface area contributed by atoms with Crippen molar-refractivity contribution in [1.29, 1.82) is 0 Å². The van der Waals surface area contributed by atoms with E-state index in [1.807, 2.05) is 0 Å². The number of aliphatic hydroxyl groups excluding tert-OH is 2. The Morgan fingerprint density at radius 2 is 0.667 bits per heavy atom. The van der Waals surface area contributed by atoms with Crippen LogP contribution in [0.25, 0.3) is 0 Å². The zero-order valence-electron chi connectivity index (χ0n) is 13.1. The maximum atomic E-state index is 8.70. The van der Waals surface area contributed by atoms with Crippen molar-refractivity contribution in [2.75, 3.05) is 66.1 Å². The fourth-order valence-electron chi connectivity index (χ4n) is 0.891. The molecule has 6 N–H and O–H groups in total. The van der Waals surface area contributed by atoms with E-state index in [2.05, 4.69) is 0 Å². The molecule has 0 fully saturated rings. The van der Waals surface area contributed by atoms with Gasteiger partial charge >= 0.3 is 16.5 Å². The van der Waals surface area contributed by atoms with Crippen LogP contribution in [-0.4, -0.2) is 95.9 Å². The molecule has 0 rings (SSSR count). The predicted octanol–water partition coefficient (Wildman–Crippen LogP) is -1.71. The minimum Gasteiger partial charge on any atom is -0.394 e. The average Bonchev–Trinajstić information content (AvgIpc) is 2.47. The van der Waals surface area contributed by atoms with Crippen molar-refractivity contribution in [2.24, 2.45) is 0 Å². The number of hydrogen-bond donors (Lipinski definition) is 6. The largest absolute Gasteiger partial charge is 0.692 e. The molecule has 0 radical (unpaired) electrons. The summed E-state index contributed by atoms with van der Waals surface area (Å²) in [5.41, 5.74) is 0. The van der Waals surface area contributed by atoms with Gasteiger partial charge in [-0.2, -0.15) is 0 Å². The summed E-state index contributed by atoms with van der Waals surface area (Å²) in [7, 11) is -5.74. The quantitative estimate of drug-likeness (QED) is 0.152. The Labute approximate surface area is 141 Å². The first kappa shape index (κ1) is 28.6. The SMILES string of the molecule is O=[P+](O)O.O=[P+](O)O.OCCOCCOCCOCCOCCO. The maximum absolute atomic E-state index is 8.70. The highest BCUT2D eigenvalue weighted by atomic mass is 31.1. The van der Waals surface area contributed by atoms with Crippen molar-refractivity contribution in [2.45, 2.75) is 0 Å². The Morgan fingerprint density at radius 3 is 0.833 bits per heavy atom. The lowest BCUT2D eigenvalue weighted by Gasteiger charge is -2.06. The van der Waals surface area contributed by atoms with Gasteiger partial charge in [0, 0.05) is 9.13 Å². The minimum absolute atomic E-state index is 0.0386. The smallest absolute Gasteiger partial charge is 0.394 e. The van der Waals surface area contributed by atoms with Crippen LogP contribution in [0.3, 0.4) is 0 Å². The first-order valence-corrected chi connectivity index (χ1v) is 8.94. The second kappa shape index (κ2) is 27.6. The molecule has 0 aromatic heterocycles. The van der Waals surface area contributed by atoms with E-state index in [-0.39, 0.29) is 13.2 Å². The van der Waals surface area contributed by atoms with Crippen molar-refractivity contribution in [3.63, 3.8) is 0 Å². The molecular formula is C10H26O12P2+2. The first-order chi connectivity index (χ1) is 11.4. The van der Waals surface area contributed by atoms with Crippen molar-refractivity contribution in [3.8, 4) is 0 Å². The number of aliphatic hydroxyl groups is 2. The molecule has 0 bridgehead atoms. The fraction of sp³-hybridized carbons (Fsp3) is 1.00. The molecule has 0 aliphatic heterocycles. The zero-order valence-corrected chi connectivity index (χ0v) is 14.9. The Morgan fingerprint density at radius 1 is 0.500 bits per heavy atom. The Hall–Kier alpha value is -0.200. The summed E-state index contributed by atoms with van der Waals surface area (Å²) in [5.74, 6) is 0. The van der Waals surface area contributed by atoms with E-state index in [1.165, 1.54) is 0 Å². The van der Waals surface area contributed by atoms with Gasteiger partial charge in [0.05, 0.1) is 66.1 Å². The molecular weight excluding hydrogens is 374 g/mol. The summed E-state index contributed by atoms with van der Waals surface area (Å²) in [6, 6.07) is 0. The van der Waals surface area contributed by atoms with Crippen molar-refractivity contribution in [3.05, 3.63) is 0 Å². The molecule has 0 amide bonds. The third-order valence-electron chi connectivity index (χ3n) is 1.59. The second-order valence-electron chi connectivity index (χ2n) is 3.40. The Balaban J connectivity index is -0.000000457. The molecule has 12 nitrogen and oxygen atoms in total. The second-order valence-corrected chi connectivity index (χ2v) is 4.41. The molecule has 0 heterocycles. The molecule has 0 aromatic rings. The van der Waals surface area contributed by atoms with Gasteiger partial charge in [-0.15, -0.1) is 19.6 Å². The van der Waals surface area contributed by atoms with Crippen LogP contribution in [-0.2, 0) is 28.1 Å². The van der Waals surface area contributed by atoms with Crippen LogP contribution >= 0.6 is 16.5 Å². The van der Waals surface area contributed by atoms with Gasteiger partial charge in [0.15, 0.2) is 0 Å². The maximum Gasteiger partial charge on any atom is 0.692 e. The summed E-state index contributed by atoms with van der Waals surface area (Å²) in [5, 5.41) is 16.8. The van der Waals surface area contributed by atoms with Crippen LogP contribution < -0.4 is 0 Å². The molecule has 0 atom stereocenters. The van der Waals surface area contributed by atoms with Gasteiger partial charge < -0.3 is 29.2 Å². The highest BCUT2D eigenvalue weighted by Crippen LogP contribution is 1.98. The molecule has 0 spiro atoms. The van der Waals surface area contributed by atoms with Crippen LogP contribution in [0, 0.1) is 0 Å². The van der Waals surface area contributed by atoms with Crippen LogP contribution in [0.15, 0.2) is 0 Å². The molecule has 146 valence electrons. The highest BCUT2D eigenvalue weighted by Gasteiger charge is 1.93. The van der Waals surface area contributed by atoms with Crippen molar-refractivity contribution < 1.29 is 57.9 Å². The van der Waals surface area contributed by atoms with Gasteiger partial charge in [-0.1, -0.05) is 0 Å². The third-order valence-corrected chi connectivity index (χ3v) is 1.59. The average molecular weight is 400 g/mol. The normalized spacial score (nSPS) is 9.42. The lowest BCUT2D eigenvalue weighted by molar-refractivity contribution is -0.00856. The van der Waals surface area contributed by atoms with Gasteiger partial charge in [-0.05, 0) is 0 Å². The van der Waals surface area contributed by atoms with E-state index < -0.39 is 16.5 Å². The molecule has 0 aliphatic rings. The summed E-state index contributed by atoms with van der Waals surface area (Å²) in [4.78, 5) is 28.5. The molecule has 14 heteroatoms. The zero-order chi connectivity index (χ0) is 19.1. The lowest BCUT2D eigenvalue weighted by atomic mass is 10.7. The fourth-order valence-corrected chi connectivity index (χ4v) is 0.891. The van der Waals surface area contributed by atoms with Gasteiger partial charge in [0.2, 0.25) is 0 Å². The third kappa shape index (κ3) is 57.6. The summed E-state index contributed by atoms with van der Waals surface area (Å²) >= 11 is 0. The number of ether oxygens (including phenoxy) is 4. The van der Waals surface area contributed by atoms with Gasteiger partial charge in [-0.3, -0.25) is 0 Å². The molecule has 0 unspecified atom stereocenters. The summed E-state index contributed by atoms with van der Waals surface area (Å²) in [6.07, 6.45) is 0. The molecule has 0 aromatic carbocycles. The van der Waals surface area contributed by atoms with Crippen LogP contribution in [0.1, 0.15) is 0 Å². The highest BCUT2D eigenvalue weighted by molar-refractivity contribution is 7.31. The molecule has 0 aliphatic carbocycles. The standard InChI is InChI=1S/C10H22O6.2HO3P/c11-1-3-13-5-7-15-9-10-16-8-6-14-4-2-12;2*1-4(2)3/h11-12H,1-10H2;2*(H-,1,2,3)/p+2. The first-order valence-electron chi connectivity index (χ1n) is 6.61.